The minimum Gasteiger partial charge on any atom is -0.481 e. The number of aliphatic hydroxyl groups excluding tert-OH is 3. The summed E-state index contributed by atoms with van der Waals surface area (Å²) in [4.78, 5) is 13.5. The van der Waals surface area contributed by atoms with E-state index >= 15 is 0 Å². The van der Waals surface area contributed by atoms with Gasteiger partial charge in [0.15, 0.2) is 0 Å². The molecule has 12 atom stereocenters. The van der Waals surface area contributed by atoms with E-state index in [0.717, 1.165) is 31.3 Å². The molecule has 5 nitrogen and oxygen atoms in total. The predicted octanol–water partition coefficient (Wildman–Crippen LogP) is 5.03. The number of carbonyl (C=O) groups is 1. The van der Waals surface area contributed by atoms with Crippen LogP contribution in [-0.4, -0.2) is 45.2 Å². The van der Waals surface area contributed by atoms with E-state index in [1.165, 1.54) is 6.42 Å². The summed E-state index contributed by atoms with van der Waals surface area (Å²) in [6.07, 6.45) is 7.42. The molecule has 0 aromatic rings. The number of hydrogen-bond donors (Lipinski definition) is 4. The van der Waals surface area contributed by atoms with Crippen LogP contribution >= 0.6 is 0 Å². The molecule has 0 bridgehead atoms. The third-order valence-electron chi connectivity index (χ3n) is 13.2. The van der Waals surface area contributed by atoms with E-state index < -0.39 is 34.4 Å². The van der Waals surface area contributed by atoms with Crippen LogP contribution in [0.5, 0.6) is 0 Å². The molecular formula is C30H48O5. The zero-order valence-electron chi connectivity index (χ0n) is 22.7. The largest absolute Gasteiger partial charge is 0.481 e. The summed E-state index contributed by atoms with van der Waals surface area (Å²) in [6, 6.07) is 0. The Morgan fingerprint density at radius 3 is 2.34 bits per heavy atom. The first-order valence-corrected chi connectivity index (χ1v) is 14.1. The van der Waals surface area contributed by atoms with Crippen molar-refractivity contribution in [1.82, 2.24) is 0 Å². The normalized spacial score (nSPS) is 57.7. The van der Waals surface area contributed by atoms with Gasteiger partial charge >= 0.3 is 5.97 Å². The van der Waals surface area contributed by atoms with Gasteiger partial charge in [0.05, 0.1) is 24.2 Å². The fraction of sp³-hybridized carbons (Fsp3) is 0.900. The molecule has 35 heavy (non-hydrogen) atoms. The van der Waals surface area contributed by atoms with E-state index in [-0.39, 0.29) is 35.2 Å². The topological polar surface area (TPSA) is 98.0 Å². The van der Waals surface area contributed by atoms with E-state index in [1.807, 2.05) is 6.92 Å². The lowest BCUT2D eigenvalue weighted by Crippen LogP contribution is -2.70. The van der Waals surface area contributed by atoms with E-state index in [9.17, 15) is 25.2 Å². The second kappa shape index (κ2) is 7.80. The quantitative estimate of drug-likeness (QED) is 0.409. The summed E-state index contributed by atoms with van der Waals surface area (Å²) < 4.78 is 0. The number of aliphatic hydroxyl groups is 3. The van der Waals surface area contributed by atoms with Gasteiger partial charge in [0.2, 0.25) is 0 Å². The lowest BCUT2D eigenvalue weighted by molar-refractivity contribution is -0.254. The third kappa shape index (κ3) is 2.95. The summed E-state index contributed by atoms with van der Waals surface area (Å²) >= 11 is 0. The van der Waals surface area contributed by atoms with Crippen molar-refractivity contribution in [3.63, 3.8) is 0 Å². The summed E-state index contributed by atoms with van der Waals surface area (Å²) in [5.41, 5.74) is -1.37. The Morgan fingerprint density at radius 1 is 1.03 bits per heavy atom. The number of aliphatic carboxylic acids is 1. The third-order valence-corrected chi connectivity index (χ3v) is 13.2. The highest BCUT2D eigenvalue weighted by molar-refractivity contribution is 5.81. The Balaban J connectivity index is 1.69. The maximum Gasteiger partial charge on any atom is 0.314 e. The molecule has 4 fully saturated rings. The van der Waals surface area contributed by atoms with Gasteiger partial charge in [0.1, 0.15) is 0 Å². The van der Waals surface area contributed by atoms with Crippen molar-refractivity contribution >= 4 is 5.97 Å². The highest BCUT2D eigenvalue weighted by Crippen LogP contribution is 2.75. The van der Waals surface area contributed by atoms with Gasteiger partial charge < -0.3 is 20.4 Å². The summed E-state index contributed by atoms with van der Waals surface area (Å²) in [7, 11) is 0. The minimum atomic E-state index is -0.966. The number of allylic oxidation sites excluding steroid dienone is 1. The average molecular weight is 489 g/mol. The molecule has 0 radical (unpaired) electrons. The lowest BCUT2D eigenvalue weighted by atomic mass is 9.32. The molecule has 4 saturated carbocycles. The van der Waals surface area contributed by atoms with Crippen molar-refractivity contribution in [2.24, 2.45) is 56.7 Å². The molecule has 0 heterocycles. The Kier molecular flexibility index (Phi) is 5.73. The molecule has 5 heteroatoms. The summed E-state index contributed by atoms with van der Waals surface area (Å²) in [5, 5.41) is 44.2. The van der Waals surface area contributed by atoms with E-state index in [2.05, 4.69) is 40.7 Å². The van der Waals surface area contributed by atoms with Gasteiger partial charge in [-0.05, 0) is 91.3 Å². The van der Waals surface area contributed by atoms with Gasteiger partial charge in [0.25, 0.3) is 0 Å². The summed E-state index contributed by atoms with van der Waals surface area (Å²) in [6.45, 7) is 13.2. The molecular weight excluding hydrogens is 440 g/mol. The van der Waals surface area contributed by atoms with Crippen LogP contribution < -0.4 is 0 Å². The molecule has 5 aliphatic carbocycles. The smallest absolute Gasteiger partial charge is 0.314 e. The highest BCUT2D eigenvalue weighted by Gasteiger charge is 2.73. The Labute approximate surface area is 211 Å². The zero-order valence-corrected chi connectivity index (χ0v) is 22.7. The van der Waals surface area contributed by atoms with Crippen molar-refractivity contribution in [2.75, 3.05) is 6.61 Å². The molecule has 4 N–H and O–H groups in total. The lowest BCUT2D eigenvalue weighted by Gasteiger charge is -2.71. The molecule has 0 aliphatic heterocycles. The molecule has 3 unspecified atom stereocenters. The first-order chi connectivity index (χ1) is 16.2. The van der Waals surface area contributed by atoms with Crippen LogP contribution in [-0.2, 0) is 4.79 Å². The van der Waals surface area contributed by atoms with Crippen LogP contribution in [0.15, 0.2) is 11.6 Å². The second-order valence-corrected chi connectivity index (χ2v) is 14.6. The molecule has 198 valence electrons. The first kappa shape index (κ1) is 25.7. The number of hydrogen-bond acceptors (Lipinski definition) is 4. The van der Waals surface area contributed by atoms with E-state index in [0.29, 0.717) is 31.1 Å². The number of fused-ring (bicyclic) bond motifs is 7. The van der Waals surface area contributed by atoms with Gasteiger partial charge in [-0.1, -0.05) is 53.2 Å². The fourth-order valence-electron chi connectivity index (χ4n) is 11.2. The van der Waals surface area contributed by atoms with Gasteiger partial charge in [-0.15, -0.1) is 0 Å². The van der Waals surface area contributed by atoms with Crippen LogP contribution in [0.25, 0.3) is 0 Å². The molecule has 5 rings (SSSR count). The standard InChI is InChI=1S/C30H48O5/c1-17-9-11-26(3)13-14-30(25(34)35)19(23(26)18(17)2)7-8-21-27(4)12-10-22(33)28(5,16-31)24(27)20(32)15-29(21,30)6/h7,17-18,20-24,31-33H,8-16H2,1-6H3,(H,34,35)/t17-,18+,20-,21?,22+,23?,24?,26-,27-,28+,29-,30-/m1/s1. The molecule has 0 spiro atoms. The molecule has 0 aromatic heterocycles. The zero-order chi connectivity index (χ0) is 25.8. The monoisotopic (exact) mass is 488 g/mol. The van der Waals surface area contributed by atoms with Crippen molar-refractivity contribution in [3.8, 4) is 0 Å². The minimum absolute atomic E-state index is 0.0855. The van der Waals surface area contributed by atoms with Crippen molar-refractivity contribution in [1.29, 1.82) is 0 Å². The van der Waals surface area contributed by atoms with Crippen molar-refractivity contribution in [2.45, 2.75) is 105 Å². The number of carboxylic acid groups (broad SMARTS) is 1. The van der Waals surface area contributed by atoms with Crippen molar-refractivity contribution in [3.05, 3.63) is 11.6 Å². The Bertz CT molecular complexity index is 930. The molecule has 5 aliphatic rings. The number of rotatable bonds is 2. The van der Waals surface area contributed by atoms with Crippen LogP contribution in [0.4, 0.5) is 0 Å². The van der Waals surface area contributed by atoms with Gasteiger partial charge in [-0.3, -0.25) is 4.79 Å². The molecule has 0 saturated heterocycles. The fourth-order valence-corrected chi connectivity index (χ4v) is 11.2. The van der Waals surface area contributed by atoms with Crippen LogP contribution in [0.3, 0.4) is 0 Å². The maximum atomic E-state index is 13.5. The van der Waals surface area contributed by atoms with E-state index in [4.69, 9.17) is 0 Å². The Hall–Kier alpha value is -0.910. The maximum absolute atomic E-state index is 13.5. The first-order valence-electron chi connectivity index (χ1n) is 14.1. The second-order valence-electron chi connectivity index (χ2n) is 14.6. The predicted molar refractivity (Wildman–Crippen MR) is 135 cm³/mol. The van der Waals surface area contributed by atoms with Crippen LogP contribution in [0, 0.1) is 56.7 Å². The molecule has 0 aromatic carbocycles. The van der Waals surface area contributed by atoms with Gasteiger partial charge in [-0.25, -0.2) is 0 Å². The van der Waals surface area contributed by atoms with Gasteiger partial charge in [0, 0.05) is 11.3 Å². The molecule has 0 amide bonds. The van der Waals surface area contributed by atoms with Gasteiger partial charge in [-0.2, -0.15) is 0 Å². The van der Waals surface area contributed by atoms with Crippen molar-refractivity contribution < 1.29 is 25.2 Å². The highest BCUT2D eigenvalue weighted by atomic mass is 16.4. The van der Waals surface area contributed by atoms with Crippen LogP contribution in [0.2, 0.25) is 0 Å². The SMILES string of the molecule is C[C@@H]1CC[C@]2(C)CC[C@]3(C(=O)O)C(=CCC4[C@@]5(C)CC[C@H](O)[C@](C)(CO)C5[C@H](O)C[C@]43C)C2[C@H]1C. The van der Waals surface area contributed by atoms with Crippen LogP contribution in [0.1, 0.15) is 92.9 Å². The summed E-state index contributed by atoms with van der Waals surface area (Å²) in [5.74, 6) is 0.407. The Morgan fingerprint density at radius 2 is 1.71 bits per heavy atom. The van der Waals surface area contributed by atoms with E-state index in [1.54, 1.807) is 0 Å². The number of carboxylic acids is 1. The average Bonchev–Trinajstić information content (AvgIpc) is 2.78.